The number of fused-ring (bicyclic) bond motifs is 1. The molecule has 0 aliphatic rings. The number of benzene rings is 3. The third-order valence-corrected chi connectivity index (χ3v) is 6.71. The fourth-order valence-corrected chi connectivity index (χ4v) is 4.77. The molecular formula is C32H32F2N2O2. The summed E-state index contributed by atoms with van der Waals surface area (Å²) < 4.78 is 28.8. The summed E-state index contributed by atoms with van der Waals surface area (Å²) in [6, 6.07) is 16.0. The zero-order valence-electron chi connectivity index (χ0n) is 21.9. The van der Waals surface area contributed by atoms with E-state index in [4.69, 9.17) is 0 Å². The molecule has 0 aliphatic carbocycles. The second-order valence-corrected chi connectivity index (χ2v) is 10.5. The molecule has 0 amide bonds. The number of H-pyrrole nitrogens is 1. The molecule has 0 saturated carbocycles. The third-order valence-electron chi connectivity index (χ3n) is 6.71. The van der Waals surface area contributed by atoms with Crippen LogP contribution in [0.4, 0.5) is 8.78 Å². The highest BCUT2D eigenvalue weighted by Gasteiger charge is 2.25. The first-order valence-electron chi connectivity index (χ1n) is 12.5. The number of para-hydroxylation sites is 1. The van der Waals surface area contributed by atoms with Crippen LogP contribution in [-0.2, 0) is 16.6 Å². The normalized spacial score (nSPS) is 12.3. The monoisotopic (exact) mass is 514 g/mol. The lowest BCUT2D eigenvalue weighted by molar-refractivity contribution is -0.107. The van der Waals surface area contributed by atoms with E-state index < -0.39 is 17.7 Å². The Hall–Kier alpha value is -4.19. The number of aldehydes is 1. The number of aliphatic hydroxyl groups excluding tert-OH is 1. The molecule has 0 bridgehead atoms. The molecule has 1 heterocycles. The van der Waals surface area contributed by atoms with Crippen LogP contribution in [0, 0.1) is 11.6 Å². The molecule has 0 aliphatic heterocycles. The van der Waals surface area contributed by atoms with Crippen LogP contribution >= 0.6 is 0 Å². The lowest BCUT2D eigenvalue weighted by atomic mass is 9.84. The largest absolute Gasteiger partial charge is 0.508 e. The number of halogens is 2. The van der Waals surface area contributed by atoms with Gasteiger partial charge in [-0.1, -0.05) is 64.3 Å². The van der Waals surface area contributed by atoms with Crippen LogP contribution in [0.25, 0.3) is 22.4 Å². The summed E-state index contributed by atoms with van der Waals surface area (Å²) in [6.45, 7) is 14.2. The topological polar surface area (TPSA) is 65.1 Å². The van der Waals surface area contributed by atoms with Crippen molar-refractivity contribution < 1.29 is 18.7 Å². The molecule has 3 N–H and O–H groups in total. The van der Waals surface area contributed by atoms with E-state index in [0.29, 0.717) is 40.9 Å². The van der Waals surface area contributed by atoms with Crippen molar-refractivity contribution in [1.82, 2.24) is 10.3 Å². The molecule has 4 nitrogen and oxygen atoms in total. The second-order valence-electron chi connectivity index (χ2n) is 10.5. The molecule has 0 fully saturated rings. The summed E-state index contributed by atoms with van der Waals surface area (Å²) in [7, 11) is 0. The lowest BCUT2D eigenvalue weighted by Crippen LogP contribution is -2.23. The van der Waals surface area contributed by atoms with Crippen LogP contribution in [0.3, 0.4) is 0 Å². The highest BCUT2D eigenvalue weighted by molar-refractivity contribution is 5.85. The van der Waals surface area contributed by atoms with Gasteiger partial charge in [0.15, 0.2) is 0 Å². The van der Waals surface area contributed by atoms with Gasteiger partial charge in [0.25, 0.3) is 0 Å². The summed E-state index contributed by atoms with van der Waals surface area (Å²) in [4.78, 5) is 14.7. The highest BCUT2D eigenvalue weighted by Crippen LogP contribution is 2.35. The number of rotatable bonds is 9. The average molecular weight is 515 g/mol. The van der Waals surface area contributed by atoms with Gasteiger partial charge in [-0.05, 0) is 52.8 Å². The van der Waals surface area contributed by atoms with Gasteiger partial charge in [0.2, 0.25) is 0 Å². The van der Waals surface area contributed by atoms with E-state index in [9.17, 15) is 18.7 Å². The molecule has 6 heteroatoms. The van der Waals surface area contributed by atoms with Gasteiger partial charge in [-0.2, -0.15) is 0 Å². The fraction of sp³-hybridized carbons (Fsp3) is 0.219. The third kappa shape index (κ3) is 5.54. The van der Waals surface area contributed by atoms with E-state index in [-0.39, 0.29) is 11.2 Å². The van der Waals surface area contributed by atoms with Gasteiger partial charge in [-0.15, -0.1) is 0 Å². The van der Waals surface area contributed by atoms with Gasteiger partial charge >= 0.3 is 0 Å². The maximum Gasteiger partial charge on any atom is 0.126 e. The smallest absolute Gasteiger partial charge is 0.126 e. The Morgan fingerprint density at radius 2 is 1.71 bits per heavy atom. The van der Waals surface area contributed by atoms with Gasteiger partial charge < -0.3 is 20.2 Å². The first kappa shape index (κ1) is 26.9. The molecule has 3 aromatic carbocycles. The summed E-state index contributed by atoms with van der Waals surface area (Å²) in [5.41, 5.74) is 5.15. The number of aliphatic hydroxyl groups is 1. The predicted molar refractivity (Wildman–Crippen MR) is 150 cm³/mol. The zero-order valence-corrected chi connectivity index (χ0v) is 21.9. The number of carbonyl (C=O) groups is 1. The van der Waals surface area contributed by atoms with E-state index in [1.165, 1.54) is 12.1 Å². The van der Waals surface area contributed by atoms with Gasteiger partial charge in [-0.3, -0.25) is 0 Å². The number of hydrogen-bond acceptors (Lipinski definition) is 3. The zero-order chi connectivity index (χ0) is 27.6. The highest BCUT2D eigenvalue weighted by atomic mass is 19.1. The van der Waals surface area contributed by atoms with E-state index in [1.807, 2.05) is 42.5 Å². The van der Waals surface area contributed by atoms with Crippen molar-refractivity contribution in [2.75, 3.05) is 0 Å². The van der Waals surface area contributed by atoms with Crippen LogP contribution in [0.2, 0.25) is 0 Å². The van der Waals surface area contributed by atoms with Gasteiger partial charge in [0.1, 0.15) is 23.7 Å². The van der Waals surface area contributed by atoms with Crippen LogP contribution in [-0.4, -0.2) is 16.4 Å². The molecular weight excluding hydrogens is 482 g/mol. The molecule has 1 aromatic heterocycles. The Kier molecular flexibility index (Phi) is 7.53. The number of hydrogen-bond donors (Lipinski definition) is 3. The van der Waals surface area contributed by atoms with Crippen molar-refractivity contribution in [1.29, 1.82) is 0 Å². The van der Waals surface area contributed by atoms with Crippen LogP contribution in [0.1, 0.15) is 66.7 Å². The summed E-state index contributed by atoms with van der Waals surface area (Å²) in [5, 5.41) is 14.7. The second kappa shape index (κ2) is 10.7. The summed E-state index contributed by atoms with van der Waals surface area (Å²) in [6.07, 6.45) is 1.59. The van der Waals surface area contributed by atoms with E-state index >= 15 is 0 Å². The SMILES string of the molecule is C=C(O)c1cc(C(C)(C)C)ccc1C(=C)NC(c1cc(F)cc(F)c1)c1[nH]c2ccccc2c1CCC=O. The predicted octanol–water partition coefficient (Wildman–Crippen LogP) is 7.75. The molecule has 1 atom stereocenters. The minimum absolute atomic E-state index is 0.111. The Morgan fingerprint density at radius 3 is 2.34 bits per heavy atom. The Bertz CT molecular complexity index is 1510. The molecule has 0 spiro atoms. The standard InChI is InChI=1S/C32H32F2N2O2/c1-19(25-13-12-22(32(3,4)5)17-28(25)20(2)38)35-30(21-15-23(33)18-24(34)16-21)31-27(10-8-14-37)26-9-6-7-11-29(26)36-31/h6-7,9,11-18,30,35-36,38H,1-2,8,10H2,3-5H3. The number of aromatic amines is 1. The molecule has 4 rings (SSSR count). The Labute approximate surface area is 221 Å². The minimum atomic E-state index is -0.733. The molecule has 0 saturated heterocycles. The number of nitrogens with one attached hydrogen (secondary N) is 2. The van der Waals surface area contributed by atoms with E-state index in [2.05, 4.69) is 44.2 Å². The van der Waals surface area contributed by atoms with E-state index in [0.717, 1.165) is 34.4 Å². The van der Waals surface area contributed by atoms with Crippen LogP contribution in [0.15, 0.2) is 73.8 Å². The van der Waals surface area contributed by atoms with Crippen LogP contribution in [0.5, 0.6) is 0 Å². The average Bonchev–Trinajstić information content (AvgIpc) is 3.22. The van der Waals surface area contributed by atoms with Crippen molar-refractivity contribution in [2.45, 2.75) is 45.1 Å². The van der Waals surface area contributed by atoms with Crippen molar-refractivity contribution in [3.8, 4) is 0 Å². The first-order chi connectivity index (χ1) is 18.0. The lowest BCUT2D eigenvalue weighted by Gasteiger charge is -2.25. The number of carbonyl (C=O) groups excluding carboxylic acids is 1. The summed E-state index contributed by atoms with van der Waals surface area (Å²) in [5.74, 6) is -1.52. The maximum absolute atomic E-state index is 14.4. The maximum atomic E-state index is 14.4. The van der Waals surface area contributed by atoms with Crippen molar-refractivity contribution >= 4 is 28.6 Å². The quantitative estimate of drug-likeness (QED) is 0.158. The molecule has 38 heavy (non-hydrogen) atoms. The molecule has 0 radical (unpaired) electrons. The minimum Gasteiger partial charge on any atom is -0.508 e. The molecule has 196 valence electrons. The van der Waals surface area contributed by atoms with Crippen molar-refractivity contribution in [2.24, 2.45) is 0 Å². The van der Waals surface area contributed by atoms with E-state index in [1.54, 1.807) is 0 Å². The number of aryl methyl sites for hydroxylation is 1. The van der Waals surface area contributed by atoms with Gasteiger partial charge in [0.05, 0.1) is 6.04 Å². The van der Waals surface area contributed by atoms with Crippen molar-refractivity contribution in [3.63, 3.8) is 0 Å². The Morgan fingerprint density at radius 1 is 1.03 bits per heavy atom. The molecule has 4 aromatic rings. The van der Waals surface area contributed by atoms with Gasteiger partial charge in [-0.25, -0.2) is 8.78 Å². The summed E-state index contributed by atoms with van der Waals surface area (Å²) >= 11 is 0. The van der Waals surface area contributed by atoms with Crippen LogP contribution < -0.4 is 5.32 Å². The Balaban J connectivity index is 1.87. The molecule has 1 unspecified atom stereocenters. The number of aromatic nitrogens is 1. The fourth-order valence-electron chi connectivity index (χ4n) is 4.77. The van der Waals surface area contributed by atoms with Gasteiger partial charge in [0, 0.05) is 45.9 Å². The first-order valence-corrected chi connectivity index (χ1v) is 12.5. The van der Waals surface area contributed by atoms with Crippen molar-refractivity contribution in [3.05, 3.63) is 119 Å².